The van der Waals surface area contributed by atoms with Gasteiger partial charge in [0.1, 0.15) is 17.8 Å². The van der Waals surface area contributed by atoms with Gasteiger partial charge in [0, 0.05) is 51.0 Å². The minimum absolute atomic E-state index is 0.0361. The lowest BCUT2D eigenvalue weighted by atomic mass is 9.99. The monoisotopic (exact) mass is 379 g/mol. The maximum atomic E-state index is 12.8. The minimum Gasteiger partial charge on any atom is -0.368 e. The summed E-state index contributed by atoms with van der Waals surface area (Å²) >= 11 is 0. The van der Waals surface area contributed by atoms with Crippen molar-refractivity contribution in [1.29, 1.82) is 0 Å². The van der Waals surface area contributed by atoms with Gasteiger partial charge in [0.25, 0.3) is 5.91 Å². The number of likely N-dealkylation sites (tertiary alicyclic amines) is 1. The first-order valence-electron chi connectivity index (χ1n) is 10.3. The van der Waals surface area contributed by atoms with Gasteiger partial charge in [-0.25, -0.2) is 9.97 Å². The van der Waals surface area contributed by atoms with Gasteiger partial charge in [-0.15, -0.1) is 0 Å². The molecule has 0 saturated carbocycles. The Labute approximate surface area is 167 Å². The highest BCUT2D eigenvalue weighted by atomic mass is 16.2. The van der Waals surface area contributed by atoms with Gasteiger partial charge < -0.3 is 14.7 Å². The highest BCUT2D eigenvalue weighted by molar-refractivity contribution is 5.93. The summed E-state index contributed by atoms with van der Waals surface area (Å²) in [5, 5.41) is 0. The SMILES string of the molecule is Cc1cccc(N2CCN(c3cc(C(=O)N4CCC(C)CC4)ncn3)CC2)c1. The van der Waals surface area contributed by atoms with Crippen LogP contribution < -0.4 is 9.80 Å². The number of nitrogens with zero attached hydrogens (tertiary/aromatic N) is 5. The molecule has 2 aromatic rings. The number of aryl methyl sites for hydroxylation is 1. The number of carbonyl (C=O) groups is 1. The van der Waals surface area contributed by atoms with Crippen LogP contribution in [-0.2, 0) is 0 Å². The maximum absolute atomic E-state index is 12.8. The smallest absolute Gasteiger partial charge is 0.272 e. The van der Waals surface area contributed by atoms with E-state index in [1.807, 2.05) is 11.0 Å². The third-order valence-electron chi connectivity index (χ3n) is 5.91. The molecule has 28 heavy (non-hydrogen) atoms. The number of rotatable bonds is 3. The van der Waals surface area contributed by atoms with Crippen molar-refractivity contribution in [3.8, 4) is 0 Å². The van der Waals surface area contributed by atoms with Crippen molar-refractivity contribution in [1.82, 2.24) is 14.9 Å². The molecular weight excluding hydrogens is 350 g/mol. The second kappa shape index (κ2) is 8.17. The third kappa shape index (κ3) is 4.11. The first kappa shape index (κ1) is 18.7. The molecule has 0 spiro atoms. The lowest BCUT2D eigenvalue weighted by Gasteiger charge is -2.37. The van der Waals surface area contributed by atoms with Crippen molar-refractivity contribution in [2.24, 2.45) is 5.92 Å². The summed E-state index contributed by atoms with van der Waals surface area (Å²) in [5.74, 6) is 1.59. The van der Waals surface area contributed by atoms with E-state index in [2.05, 4.69) is 57.9 Å². The first-order chi connectivity index (χ1) is 13.6. The average molecular weight is 380 g/mol. The number of piperazine rings is 1. The van der Waals surface area contributed by atoms with E-state index >= 15 is 0 Å². The van der Waals surface area contributed by atoms with Gasteiger partial charge in [-0.05, 0) is 43.4 Å². The summed E-state index contributed by atoms with van der Waals surface area (Å²) in [7, 11) is 0. The highest BCUT2D eigenvalue weighted by Gasteiger charge is 2.24. The zero-order valence-corrected chi connectivity index (χ0v) is 16.8. The number of anilines is 2. The Balaban J connectivity index is 1.40. The minimum atomic E-state index is 0.0361. The van der Waals surface area contributed by atoms with Crippen LogP contribution in [0.3, 0.4) is 0 Å². The summed E-state index contributed by atoms with van der Waals surface area (Å²) < 4.78 is 0. The molecule has 6 heteroatoms. The molecule has 1 aromatic heterocycles. The first-order valence-corrected chi connectivity index (χ1v) is 10.3. The number of benzene rings is 1. The second-order valence-electron chi connectivity index (χ2n) is 8.05. The Morgan fingerprint density at radius 2 is 1.68 bits per heavy atom. The second-order valence-corrected chi connectivity index (χ2v) is 8.05. The van der Waals surface area contributed by atoms with Crippen LogP contribution in [0.1, 0.15) is 35.8 Å². The molecule has 1 aromatic carbocycles. The van der Waals surface area contributed by atoms with Gasteiger partial charge in [-0.3, -0.25) is 4.79 Å². The summed E-state index contributed by atoms with van der Waals surface area (Å²) in [5.41, 5.74) is 3.07. The molecule has 2 aliphatic heterocycles. The summed E-state index contributed by atoms with van der Waals surface area (Å²) in [6.45, 7) is 9.70. The van der Waals surface area contributed by atoms with Crippen molar-refractivity contribution >= 4 is 17.4 Å². The van der Waals surface area contributed by atoms with Gasteiger partial charge in [0.2, 0.25) is 0 Å². The standard InChI is InChI=1S/C22H29N5O/c1-17-6-8-27(9-7-17)22(28)20-15-21(24-16-23-20)26-12-10-25(11-13-26)19-5-3-4-18(2)14-19/h3-5,14-17H,6-13H2,1-2H3. The molecule has 6 nitrogen and oxygen atoms in total. The highest BCUT2D eigenvalue weighted by Crippen LogP contribution is 2.22. The van der Waals surface area contributed by atoms with Crippen LogP contribution in [0.5, 0.6) is 0 Å². The van der Waals surface area contributed by atoms with Gasteiger partial charge in [0.15, 0.2) is 0 Å². The maximum Gasteiger partial charge on any atom is 0.272 e. The zero-order valence-electron chi connectivity index (χ0n) is 16.8. The Morgan fingerprint density at radius 3 is 2.39 bits per heavy atom. The normalized spacial score (nSPS) is 18.4. The zero-order chi connectivity index (χ0) is 19.5. The van der Waals surface area contributed by atoms with Crippen molar-refractivity contribution in [3.05, 3.63) is 47.9 Å². The average Bonchev–Trinajstić information content (AvgIpc) is 2.74. The van der Waals surface area contributed by atoms with E-state index < -0.39 is 0 Å². The number of carbonyl (C=O) groups excluding carboxylic acids is 1. The number of hydrogen-bond donors (Lipinski definition) is 0. The Hall–Kier alpha value is -2.63. The van der Waals surface area contributed by atoms with E-state index in [9.17, 15) is 4.79 Å². The van der Waals surface area contributed by atoms with Crippen LogP contribution >= 0.6 is 0 Å². The van der Waals surface area contributed by atoms with Gasteiger partial charge >= 0.3 is 0 Å². The van der Waals surface area contributed by atoms with Crippen molar-refractivity contribution in [2.75, 3.05) is 49.1 Å². The van der Waals surface area contributed by atoms with E-state index in [1.165, 1.54) is 17.6 Å². The molecular formula is C22H29N5O. The lowest BCUT2D eigenvalue weighted by Crippen LogP contribution is -2.47. The molecule has 0 atom stereocenters. The van der Waals surface area contributed by atoms with E-state index in [0.29, 0.717) is 11.6 Å². The van der Waals surface area contributed by atoms with Crippen LogP contribution in [0.4, 0.5) is 11.5 Å². The van der Waals surface area contributed by atoms with Crippen LogP contribution in [0.25, 0.3) is 0 Å². The molecule has 1 amide bonds. The van der Waals surface area contributed by atoms with Crippen LogP contribution in [0.2, 0.25) is 0 Å². The Morgan fingerprint density at radius 1 is 0.964 bits per heavy atom. The quantitative estimate of drug-likeness (QED) is 0.821. The van der Waals surface area contributed by atoms with Crippen molar-refractivity contribution in [3.63, 3.8) is 0 Å². The van der Waals surface area contributed by atoms with Crippen LogP contribution in [0, 0.1) is 12.8 Å². The fourth-order valence-corrected chi connectivity index (χ4v) is 4.03. The van der Waals surface area contributed by atoms with E-state index in [4.69, 9.17) is 0 Å². The van der Waals surface area contributed by atoms with Crippen molar-refractivity contribution < 1.29 is 4.79 Å². The van der Waals surface area contributed by atoms with Gasteiger partial charge in [-0.1, -0.05) is 19.1 Å². The number of amides is 1. The van der Waals surface area contributed by atoms with Gasteiger partial charge in [0.05, 0.1) is 0 Å². The number of aromatic nitrogens is 2. The topological polar surface area (TPSA) is 52.6 Å². The fourth-order valence-electron chi connectivity index (χ4n) is 4.03. The summed E-state index contributed by atoms with van der Waals surface area (Å²) in [4.78, 5) is 28.1. The third-order valence-corrected chi connectivity index (χ3v) is 5.91. The molecule has 4 rings (SSSR count). The predicted octanol–water partition coefficient (Wildman–Crippen LogP) is 2.98. The molecule has 148 valence electrons. The molecule has 2 saturated heterocycles. The number of hydrogen-bond acceptors (Lipinski definition) is 5. The van der Waals surface area contributed by atoms with Crippen molar-refractivity contribution in [2.45, 2.75) is 26.7 Å². The molecule has 3 heterocycles. The van der Waals surface area contributed by atoms with Crippen LogP contribution in [0.15, 0.2) is 36.7 Å². The molecule has 2 fully saturated rings. The molecule has 2 aliphatic rings. The summed E-state index contributed by atoms with van der Waals surface area (Å²) in [6.07, 6.45) is 3.68. The van der Waals surface area contributed by atoms with E-state index in [1.54, 1.807) is 0 Å². The Bertz CT molecular complexity index is 823. The van der Waals surface area contributed by atoms with Gasteiger partial charge in [-0.2, -0.15) is 0 Å². The predicted molar refractivity (Wildman–Crippen MR) is 112 cm³/mol. The fraction of sp³-hybridized carbons (Fsp3) is 0.500. The van der Waals surface area contributed by atoms with E-state index in [0.717, 1.165) is 57.9 Å². The lowest BCUT2D eigenvalue weighted by molar-refractivity contribution is 0.0691. The van der Waals surface area contributed by atoms with E-state index in [-0.39, 0.29) is 5.91 Å². The Kier molecular flexibility index (Phi) is 5.46. The summed E-state index contributed by atoms with van der Waals surface area (Å²) in [6, 6.07) is 10.5. The molecule has 0 aliphatic carbocycles. The molecule has 0 N–H and O–H groups in total. The molecule has 0 radical (unpaired) electrons. The van der Waals surface area contributed by atoms with Crippen LogP contribution in [-0.4, -0.2) is 60.0 Å². The molecule has 0 unspecified atom stereocenters. The number of piperidine rings is 1. The largest absolute Gasteiger partial charge is 0.368 e. The molecule has 0 bridgehead atoms.